The number of rotatable bonds is 5. The quantitative estimate of drug-likeness (QED) is 0.810. The van der Waals surface area contributed by atoms with Crippen LogP contribution in [0.2, 0.25) is 0 Å². The molecule has 0 aromatic carbocycles. The monoisotopic (exact) mass is 341 g/mol. The third kappa shape index (κ3) is 6.28. The first kappa shape index (κ1) is 20.9. The van der Waals surface area contributed by atoms with Crippen LogP contribution in [-0.4, -0.2) is 74.7 Å². The van der Waals surface area contributed by atoms with E-state index in [2.05, 4.69) is 24.2 Å². The molecule has 1 N–H and O–H groups in total. The summed E-state index contributed by atoms with van der Waals surface area (Å²) in [5.74, 6) is 0.796. The molecule has 7 heteroatoms. The Kier molecular flexibility index (Phi) is 10.6. The molecular formula is C14H29Cl2N3O2. The molecule has 2 aliphatic rings. The molecule has 2 heterocycles. The molecule has 2 fully saturated rings. The van der Waals surface area contributed by atoms with Crippen molar-refractivity contribution in [2.45, 2.75) is 25.9 Å². The molecule has 0 saturated carbocycles. The number of carbonyl (C=O) groups excluding carboxylic acids is 1. The van der Waals surface area contributed by atoms with Crippen molar-refractivity contribution in [3.8, 4) is 0 Å². The van der Waals surface area contributed by atoms with Crippen LogP contribution in [0.5, 0.6) is 0 Å². The molecule has 2 aliphatic heterocycles. The zero-order valence-electron chi connectivity index (χ0n) is 13.0. The minimum absolute atomic E-state index is 0. The van der Waals surface area contributed by atoms with Gasteiger partial charge in [-0.05, 0) is 32.4 Å². The molecule has 2 saturated heterocycles. The van der Waals surface area contributed by atoms with Gasteiger partial charge in [0.1, 0.15) is 6.10 Å². The number of nitrogens with one attached hydrogen (secondary N) is 1. The summed E-state index contributed by atoms with van der Waals surface area (Å²) in [5.41, 5.74) is 0. The van der Waals surface area contributed by atoms with Crippen molar-refractivity contribution in [1.82, 2.24) is 15.1 Å². The minimum atomic E-state index is -0.263. The van der Waals surface area contributed by atoms with E-state index < -0.39 is 0 Å². The molecule has 0 aromatic heterocycles. The van der Waals surface area contributed by atoms with E-state index in [1.54, 1.807) is 0 Å². The van der Waals surface area contributed by atoms with Gasteiger partial charge in [-0.1, -0.05) is 6.92 Å². The van der Waals surface area contributed by atoms with E-state index in [9.17, 15) is 4.79 Å². The molecule has 126 valence electrons. The highest BCUT2D eigenvalue weighted by Gasteiger charge is 2.32. The zero-order valence-corrected chi connectivity index (χ0v) is 14.7. The SMILES string of the molecule is CCCN(C)CC1CCN(C(=O)C2CNCCO2)C1.Cl.Cl. The number of likely N-dealkylation sites (tertiary alicyclic amines) is 1. The average Bonchev–Trinajstić information content (AvgIpc) is 2.87. The largest absolute Gasteiger partial charge is 0.366 e. The van der Waals surface area contributed by atoms with Gasteiger partial charge in [0, 0.05) is 32.7 Å². The van der Waals surface area contributed by atoms with Crippen LogP contribution in [0.15, 0.2) is 0 Å². The third-order valence-corrected chi connectivity index (χ3v) is 3.98. The normalized spacial score (nSPS) is 25.4. The average molecular weight is 342 g/mol. The molecule has 0 bridgehead atoms. The van der Waals surface area contributed by atoms with E-state index in [1.165, 1.54) is 6.42 Å². The Morgan fingerprint density at radius 2 is 2.19 bits per heavy atom. The fourth-order valence-corrected chi connectivity index (χ4v) is 3.02. The van der Waals surface area contributed by atoms with Gasteiger partial charge in [0.2, 0.25) is 0 Å². The summed E-state index contributed by atoms with van der Waals surface area (Å²) < 4.78 is 5.54. The van der Waals surface area contributed by atoms with Crippen LogP contribution in [0.25, 0.3) is 0 Å². The second kappa shape index (κ2) is 10.6. The lowest BCUT2D eigenvalue weighted by Crippen LogP contribution is -2.49. The number of hydrogen-bond acceptors (Lipinski definition) is 4. The Morgan fingerprint density at radius 1 is 1.43 bits per heavy atom. The Labute approximate surface area is 140 Å². The lowest BCUT2D eigenvalue weighted by Gasteiger charge is -2.27. The number of ether oxygens (including phenoxy) is 1. The summed E-state index contributed by atoms with van der Waals surface area (Å²) in [6, 6.07) is 0. The van der Waals surface area contributed by atoms with E-state index >= 15 is 0 Å². The van der Waals surface area contributed by atoms with Crippen LogP contribution in [0.1, 0.15) is 19.8 Å². The third-order valence-electron chi connectivity index (χ3n) is 3.98. The fraction of sp³-hybridized carbons (Fsp3) is 0.929. The van der Waals surface area contributed by atoms with Gasteiger partial charge in [0.15, 0.2) is 0 Å². The molecule has 2 rings (SSSR count). The number of morpholine rings is 1. The Balaban J connectivity index is 0.00000200. The molecule has 2 unspecified atom stereocenters. The summed E-state index contributed by atoms with van der Waals surface area (Å²) in [6.45, 7) is 8.39. The van der Waals surface area contributed by atoms with Gasteiger partial charge < -0.3 is 19.9 Å². The van der Waals surface area contributed by atoms with Crippen molar-refractivity contribution in [3.63, 3.8) is 0 Å². The van der Waals surface area contributed by atoms with E-state index in [1.807, 2.05) is 4.90 Å². The maximum Gasteiger partial charge on any atom is 0.253 e. The Hall–Kier alpha value is -0.0700. The smallest absolute Gasteiger partial charge is 0.253 e. The predicted octanol–water partition coefficient (Wildman–Crippen LogP) is 1.01. The molecular weight excluding hydrogens is 313 g/mol. The molecule has 1 amide bonds. The van der Waals surface area contributed by atoms with Crippen molar-refractivity contribution in [2.24, 2.45) is 5.92 Å². The zero-order chi connectivity index (χ0) is 13.7. The van der Waals surface area contributed by atoms with E-state index in [4.69, 9.17) is 4.74 Å². The van der Waals surface area contributed by atoms with Crippen LogP contribution < -0.4 is 5.32 Å². The number of halogens is 2. The lowest BCUT2D eigenvalue weighted by atomic mass is 10.1. The molecule has 21 heavy (non-hydrogen) atoms. The van der Waals surface area contributed by atoms with E-state index in [-0.39, 0.29) is 36.8 Å². The topological polar surface area (TPSA) is 44.8 Å². The summed E-state index contributed by atoms with van der Waals surface area (Å²) in [4.78, 5) is 16.7. The highest BCUT2D eigenvalue weighted by Crippen LogP contribution is 2.19. The van der Waals surface area contributed by atoms with Crippen LogP contribution in [0.3, 0.4) is 0 Å². The van der Waals surface area contributed by atoms with Gasteiger partial charge in [-0.3, -0.25) is 4.79 Å². The Bertz CT molecular complexity index is 302. The van der Waals surface area contributed by atoms with Crippen molar-refractivity contribution in [1.29, 1.82) is 0 Å². The van der Waals surface area contributed by atoms with E-state index in [0.29, 0.717) is 19.1 Å². The first-order valence-corrected chi connectivity index (χ1v) is 7.50. The summed E-state index contributed by atoms with van der Waals surface area (Å²) in [6.07, 6.45) is 2.05. The first-order valence-electron chi connectivity index (χ1n) is 7.50. The van der Waals surface area contributed by atoms with Crippen molar-refractivity contribution < 1.29 is 9.53 Å². The molecule has 0 spiro atoms. The van der Waals surface area contributed by atoms with Crippen molar-refractivity contribution in [3.05, 3.63) is 0 Å². The number of carbonyl (C=O) groups is 1. The lowest BCUT2D eigenvalue weighted by molar-refractivity contribution is -0.144. The van der Waals surface area contributed by atoms with Gasteiger partial charge in [-0.2, -0.15) is 0 Å². The van der Waals surface area contributed by atoms with Crippen LogP contribution in [0.4, 0.5) is 0 Å². The van der Waals surface area contributed by atoms with Crippen molar-refractivity contribution >= 4 is 30.7 Å². The van der Waals surface area contributed by atoms with Crippen LogP contribution in [-0.2, 0) is 9.53 Å². The highest BCUT2D eigenvalue weighted by atomic mass is 35.5. The molecule has 2 atom stereocenters. The highest BCUT2D eigenvalue weighted by molar-refractivity contribution is 5.85. The van der Waals surface area contributed by atoms with Gasteiger partial charge in [-0.15, -0.1) is 24.8 Å². The van der Waals surface area contributed by atoms with Crippen LogP contribution in [0, 0.1) is 5.92 Å². The predicted molar refractivity (Wildman–Crippen MR) is 89.6 cm³/mol. The minimum Gasteiger partial charge on any atom is -0.366 e. The maximum atomic E-state index is 12.3. The molecule has 0 aromatic rings. The second-order valence-electron chi connectivity index (χ2n) is 5.76. The molecule has 0 radical (unpaired) electrons. The molecule has 5 nitrogen and oxygen atoms in total. The Morgan fingerprint density at radius 3 is 2.81 bits per heavy atom. The number of hydrogen-bond donors (Lipinski definition) is 1. The van der Waals surface area contributed by atoms with Gasteiger partial charge >= 0.3 is 0 Å². The second-order valence-corrected chi connectivity index (χ2v) is 5.76. The summed E-state index contributed by atoms with van der Waals surface area (Å²) in [7, 11) is 2.17. The number of nitrogens with zero attached hydrogens (tertiary/aromatic N) is 2. The number of amides is 1. The van der Waals surface area contributed by atoms with Gasteiger partial charge in [0.25, 0.3) is 5.91 Å². The summed E-state index contributed by atoms with van der Waals surface area (Å²) in [5, 5.41) is 3.22. The van der Waals surface area contributed by atoms with Crippen molar-refractivity contribution in [2.75, 3.05) is 52.9 Å². The van der Waals surface area contributed by atoms with Crippen LogP contribution >= 0.6 is 24.8 Å². The molecule has 0 aliphatic carbocycles. The van der Waals surface area contributed by atoms with Gasteiger partial charge in [0.05, 0.1) is 6.61 Å². The first-order chi connectivity index (χ1) is 9.20. The maximum absolute atomic E-state index is 12.3. The standard InChI is InChI=1S/C14H27N3O2.2ClH/c1-3-6-16(2)10-12-4-7-17(11-12)14(18)13-9-15-5-8-19-13;;/h12-13,15H,3-11H2,1-2H3;2*1H. The van der Waals surface area contributed by atoms with Gasteiger partial charge in [-0.25, -0.2) is 0 Å². The van der Waals surface area contributed by atoms with E-state index in [0.717, 1.165) is 39.1 Å². The fourth-order valence-electron chi connectivity index (χ4n) is 3.02. The summed E-state index contributed by atoms with van der Waals surface area (Å²) >= 11 is 0.